The number of fused-ring (bicyclic) bond motifs is 1. The van der Waals surface area contributed by atoms with Crippen molar-refractivity contribution in [2.24, 2.45) is 0 Å². The van der Waals surface area contributed by atoms with Gasteiger partial charge in [-0.05, 0) is 30.7 Å². The molecule has 0 bridgehead atoms. The summed E-state index contributed by atoms with van der Waals surface area (Å²) in [7, 11) is 0. The number of nitrogens with zero attached hydrogens (tertiary/aromatic N) is 2. The van der Waals surface area contributed by atoms with Crippen LogP contribution in [0.4, 0.5) is 5.69 Å². The number of hydrogen-bond acceptors (Lipinski definition) is 3. The molecule has 2 aromatic carbocycles. The maximum atomic E-state index is 12.9. The van der Waals surface area contributed by atoms with Crippen molar-refractivity contribution in [1.82, 2.24) is 9.13 Å². The highest BCUT2D eigenvalue weighted by atomic mass is 35.5. The lowest BCUT2D eigenvalue weighted by Gasteiger charge is -2.14. The summed E-state index contributed by atoms with van der Waals surface area (Å²) in [6.45, 7) is 2.10. The Morgan fingerprint density at radius 1 is 1.04 bits per heavy atom. The molecule has 7 heteroatoms. The van der Waals surface area contributed by atoms with E-state index in [0.29, 0.717) is 34.6 Å². The van der Waals surface area contributed by atoms with Gasteiger partial charge in [0.2, 0.25) is 5.91 Å². The van der Waals surface area contributed by atoms with Crippen molar-refractivity contribution in [3.63, 3.8) is 0 Å². The quantitative estimate of drug-likeness (QED) is 0.707. The maximum Gasteiger partial charge on any atom is 0.331 e. The number of amides is 1. The zero-order valence-electron chi connectivity index (χ0n) is 14.9. The minimum Gasteiger partial charge on any atom is -0.323 e. The highest BCUT2D eigenvalue weighted by molar-refractivity contribution is 6.33. The summed E-state index contributed by atoms with van der Waals surface area (Å²) in [4.78, 5) is 38.1. The molecule has 6 nitrogen and oxygen atoms in total. The number of unbranched alkanes of at least 4 members (excludes halogenated alkanes) is 1. The molecule has 0 unspecified atom stereocenters. The standard InChI is InChI=1S/C20H20ClN3O3/c1-2-3-12-23-19(26)14-8-4-7-11-17(14)24(20(23)27)13-18(25)22-16-10-6-5-9-15(16)21/h4-11H,2-3,12-13H2,1H3,(H,22,25). The normalized spacial score (nSPS) is 10.9. The first-order chi connectivity index (χ1) is 13.0. The van der Waals surface area contributed by atoms with Gasteiger partial charge in [0.15, 0.2) is 0 Å². The Labute approximate surface area is 161 Å². The van der Waals surface area contributed by atoms with Crippen LogP contribution in [-0.4, -0.2) is 15.0 Å². The van der Waals surface area contributed by atoms with Gasteiger partial charge in [-0.3, -0.25) is 18.7 Å². The van der Waals surface area contributed by atoms with E-state index in [-0.39, 0.29) is 12.1 Å². The number of hydrogen-bond donors (Lipinski definition) is 1. The number of benzene rings is 2. The molecule has 0 fully saturated rings. The van der Waals surface area contributed by atoms with E-state index in [9.17, 15) is 14.4 Å². The molecular weight excluding hydrogens is 366 g/mol. The van der Waals surface area contributed by atoms with E-state index in [2.05, 4.69) is 5.32 Å². The van der Waals surface area contributed by atoms with Crippen LogP contribution in [0.2, 0.25) is 5.02 Å². The molecule has 0 aliphatic heterocycles. The lowest BCUT2D eigenvalue weighted by molar-refractivity contribution is -0.116. The van der Waals surface area contributed by atoms with E-state index in [1.165, 1.54) is 9.13 Å². The summed E-state index contributed by atoms with van der Waals surface area (Å²) < 4.78 is 2.53. The predicted octanol–water partition coefficient (Wildman–Crippen LogP) is 3.26. The molecule has 0 saturated carbocycles. The van der Waals surface area contributed by atoms with Gasteiger partial charge in [0.1, 0.15) is 6.54 Å². The summed E-state index contributed by atoms with van der Waals surface area (Å²) in [5.74, 6) is -0.393. The van der Waals surface area contributed by atoms with Gasteiger partial charge in [-0.15, -0.1) is 0 Å². The molecule has 1 N–H and O–H groups in total. The summed E-state index contributed by atoms with van der Waals surface area (Å²) >= 11 is 6.07. The Bertz CT molecular complexity index is 1100. The number of rotatable bonds is 6. The summed E-state index contributed by atoms with van der Waals surface area (Å²) in [6.07, 6.45) is 1.56. The van der Waals surface area contributed by atoms with Crippen LogP contribution in [0.5, 0.6) is 0 Å². The van der Waals surface area contributed by atoms with Crippen molar-refractivity contribution in [2.45, 2.75) is 32.9 Å². The smallest absolute Gasteiger partial charge is 0.323 e. The fourth-order valence-electron chi connectivity index (χ4n) is 2.93. The molecule has 0 atom stereocenters. The molecule has 3 rings (SSSR count). The molecular formula is C20H20ClN3O3. The topological polar surface area (TPSA) is 73.1 Å². The largest absolute Gasteiger partial charge is 0.331 e. The second kappa shape index (κ2) is 8.22. The van der Waals surface area contributed by atoms with Crippen LogP contribution < -0.4 is 16.6 Å². The Morgan fingerprint density at radius 2 is 1.74 bits per heavy atom. The number of carbonyl (C=O) groups is 1. The molecule has 1 aromatic heterocycles. The van der Waals surface area contributed by atoms with Crippen LogP contribution in [0.15, 0.2) is 58.1 Å². The second-order valence-corrected chi connectivity index (χ2v) is 6.63. The number of nitrogens with one attached hydrogen (secondary N) is 1. The van der Waals surface area contributed by atoms with E-state index >= 15 is 0 Å². The zero-order chi connectivity index (χ0) is 19.4. The third-order valence-electron chi connectivity index (χ3n) is 4.32. The maximum absolute atomic E-state index is 12.9. The average molecular weight is 386 g/mol. The van der Waals surface area contributed by atoms with Crippen LogP contribution in [0.3, 0.4) is 0 Å². The van der Waals surface area contributed by atoms with Crippen molar-refractivity contribution >= 4 is 34.1 Å². The summed E-state index contributed by atoms with van der Waals surface area (Å²) in [5, 5.41) is 3.54. The third kappa shape index (κ3) is 3.95. The van der Waals surface area contributed by atoms with Crippen molar-refractivity contribution in [3.05, 3.63) is 74.4 Å². The highest BCUT2D eigenvalue weighted by Crippen LogP contribution is 2.20. The molecule has 0 saturated heterocycles. The van der Waals surface area contributed by atoms with E-state index in [1.807, 2.05) is 6.92 Å². The molecule has 3 aromatic rings. The number of para-hydroxylation sites is 2. The minimum atomic E-state index is -0.485. The fourth-order valence-corrected chi connectivity index (χ4v) is 3.12. The van der Waals surface area contributed by atoms with Crippen molar-refractivity contribution in [2.75, 3.05) is 5.32 Å². The van der Waals surface area contributed by atoms with E-state index in [1.54, 1.807) is 48.5 Å². The predicted molar refractivity (Wildman–Crippen MR) is 107 cm³/mol. The number of carbonyl (C=O) groups excluding carboxylic acids is 1. The van der Waals surface area contributed by atoms with Gasteiger partial charge in [0, 0.05) is 6.54 Å². The molecule has 140 valence electrons. The highest BCUT2D eigenvalue weighted by Gasteiger charge is 2.15. The van der Waals surface area contributed by atoms with Gasteiger partial charge in [-0.1, -0.05) is 49.2 Å². The average Bonchev–Trinajstić information content (AvgIpc) is 2.67. The van der Waals surface area contributed by atoms with Crippen LogP contribution in [0, 0.1) is 0 Å². The zero-order valence-corrected chi connectivity index (χ0v) is 15.7. The molecule has 0 aliphatic rings. The molecule has 0 aliphatic carbocycles. The van der Waals surface area contributed by atoms with Gasteiger partial charge < -0.3 is 5.32 Å². The molecule has 1 amide bonds. The van der Waals surface area contributed by atoms with Crippen LogP contribution >= 0.6 is 11.6 Å². The molecule has 1 heterocycles. The Morgan fingerprint density at radius 3 is 2.48 bits per heavy atom. The summed E-state index contributed by atoms with van der Waals surface area (Å²) in [5.41, 5.74) is 0.101. The SMILES string of the molecule is CCCCn1c(=O)c2ccccc2n(CC(=O)Nc2ccccc2Cl)c1=O. The number of halogens is 1. The minimum absolute atomic E-state index is 0.211. The lowest BCUT2D eigenvalue weighted by atomic mass is 10.2. The third-order valence-corrected chi connectivity index (χ3v) is 4.65. The molecule has 27 heavy (non-hydrogen) atoms. The van der Waals surface area contributed by atoms with Crippen LogP contribution in [0.25, 0.3) is 10.9 Å². The van der Waals surface area contributed by atoms with Crippen molar-refractivity contribution in [1.29, 1.82) is 0 Å². The first-order valence-corrected chi connectivity index (χ1v) is 9.17. The molecule has 0 radical (unpaired) electrons. The van der Waals surface area contributed by atoms with Gasteiger partial charge in [0.25, 0.3) is 5.56 Å². The van der Waals surface area contributed by atoms with Gasteiger partial charge in [-0.25, -0.2) is 4.79 Å². The first-order valence-electron chi connectivity index (χ1n) is 8.79. The van der Waals surface area contributed by atoms with E-state index in [0.717, 1.165) is 6.42 Å². The number of anilines is 1. The van der Waals surface area contributed by atoms with Gasteiger partial charge >= 0.3 is 5.69 Å². The molecule has 0 spiro atoms. The van der Waals surface area contributed by atoms with Crippen molar-refractivity contribution in [3.8, 4) is 0 Å². The lowest BCUT2D eigenvalue weighted by Crippen LogP contribution is -2.41. The van der Waals surface area contributed by atoms with Gasteiger partial charge in [-0.2, -0.15) is 0 Å². The first kappa shape index (κ1) is 18.9. The van der Waals surface area contributed by atoms with Crippen LogP contribution in [0.1, 0.15) is 19.8 Å². The Hall–Kier alpha value is -2.86. The summed E-state index contributed by atoms with van der Waals surface area (Å²) in [6, 6.07) is 13.7. The second-order valence-electron chi connectivity index (χ2n) is 6.22. The fraction of sp³-hybridized carbons (Fsp3) is 0.250. The number of aromatic nitrogens is 2. The van der Waals surface area contributed by atoms with E-state index in [4.69, 9.17) is 11.6 Å². The Balaban J connectivity index is 2.02. The van der Waals surface area contributed by atoms with Gasteiger partial charge in [0.05, 0.1) is 21.6 Å². The Kier molecular flexibility index (Phi) is 5.76. The monoisotopic (exact) mass is 385 g/mol. The van der Waals surface area contributed by atoms with E-state index < -0.39 is 11.6 Å². The van der Waals surface area contributed by atoms with Crippen molar-refractivity contribution < 1.29 is 4.79 Å². The van der Waals surface area contributed by atoms with Crippen LogP contribution in [-0.2, 0) is 17.9 Å².